The van der Waals surface area contributed by atoms with Gasteiger partial charge in [0, 0.05) is 11.8 Å². The lowest BCUT2D eigenvalue weighted by Gasteiger charge is -2.11. The predicted octanol–water partition coefficient (Wildman–Crippen LogP) is 3.97. The molecule has 0 amide bonds. The topological polar surface area (TPSA) is 152 Å². The zero-order valence-electron chi connectivity index (χ0n) is 16.4. The number of aromatic nitrogens is 1. The van der Waals surface area contributed by atoms with Crippen LogP contribution in [0.15, 0.2) is 46.3 Å². The van der Waals surface area contributed by atoms with E-state index >= 15 is 0 Å². The molecular weight excluding hydrogens is 521 g/mol. The van der Waals surface area contributed by atoms with Crippen LogP contribution in [0.3, 0.4) is 0 Å². The summed E-state index contributed by atoms with van der Waals surface area (Å²) in [5.41, 5.74) is -2.09. The highest BCUT2D eigenvalue weighted by Gasteiger charge is 2.35. The Bertz CT molecular complexity index is 1470. The predicted molar refractivity (Wildman–Crippen MR) is 119 cm³/mol. The average molecular weight is 533 g/mol. The average Bonchev–Trinajstić information content (AvgIpc) is 3.39. The number of nitrogens with zero attached hydrogens (tertiary/aromatic N) is 3. The van der Waals surface area contributed by atoms with E-state index in [1.165, 1.54) is 30.0 Å². The molecule has 0 spiro atoms. The molecule has 0 saturated heterocycles. The van der Waals surface area contributed by atoms with Gasteiger partial charge in [0.25, 0.3) is 15.7 Å². The quantitative estimate of drug-likeness (QED) is 0.357. The molecule has 1 aliphatic rings. The third-order valence-corrected chi connectivity index (χ3v) is 8.17. The molecule has 0 fully saturated rings. The fourth-order valence-electron chi connectivity index (χ4n) is 2.97. The highest BCUT2D eigenvalue weighted by molar-refractivity contribution is 8.15. The summed E-state index contributed by atoms with van der Waals surface area (Å²) in [5, 5.41) is 21.2. The molecule has 4 rings (SSSR count). The van der Waals surface area contributed by atoms with Gasteiger partial charge in [0.05, 0.1) is 26.4 Å². The highest BCUT2D eigenvalue weighted by Crippen LogP contribution is 2.36. The maximum Gasteiger partial charge on any atom is 0.416 e. The Balaban J connectivity index is 1.65. The number of nitro groups is 1. The Kier molecular flexibility index (Phi) is 5.99. The maximum atomic E-state index is 12.9. The number of fused-ring (bicyclic) bond motifs is 1. The molecule has 2 aromatic carbocycles. The van der Waals surface area contributed by atoms with E-state index in [0.717, 1.165) is 11.3 Å². The van der Waals surface area contributed by atoms with Gasteiger partial charge in [-0.2, -0.15) is 13.2 Å². The summed E-state index contributed by atoms with van der Waals surface area (Å²) in [6, 6.07) is 4.47. The number of carbonyl (C=O) groups is 1. The number of benzene rings is 2. The number of hydrogen-bond donors (Lipinski definition) is 2. The number of anilines is 1. The number of rotatable bonds is 6. The number of aliphatic imine (C=N–C) groups is 1. The normalized spacial score (nSPS) is 16.4. The SMILES string of the molecule is O=C(O)[C@H]1CSC(c2nc3ccc(NS(=O)(=O)c4ccc(C(F)(F)F)cc4[N+](=O)[O-])cc3s2)=N1. The Morgan fingerprint density at radius 3 is 2.59 bits per heavy atom. The van der Waals surface area contributed by atoms with Crippen molar-refractivity contribution in [1.82, 2.24) is 4.98 Å². The molecule has 10 nitrogen and oxygen atoms in total. The molecule has 0 aliphatic carbocycles. The van der Waals surface area contributed by atoms with E-state index in [-0.39, 0.29) is 17.5 Å². The van der Waals surface area contributed by atoms with Gasteiger partial charge >= 0.3 is 12.1 Å². The molecule has 178 valence electrons. The molecule has 2 heterocycles. The molecule has 0 bridgehead atoms. The van der Waals surface area contributed by atoms with Crippen LogP contribution < -0.4 is 4.72 Å². The lowest BCUT2D eigenvalue weighted by molar-refractivity contribution is -0.388. The van der Waals surface area contributed by atoms with Gasteiger partial charge in [0.2, 0.25) is 0 Å². The van der Waals surface area contributed by atoms with Crippen molar-refractivity contribution in [2.45, 2.75) is 17.1 Å². The van der Waals surface area contributed by atoms with E-state index < -0.39 is 49.3 Å². The van der Waals surface area contributed by atoms with Crippen molar-refractivity contribution in [1.29, 1.82) is 0 Å². The van der Waals surface area contributed by atoms with Gasteiger partial charge in [-0.25, -0.2) is 18.2 Å². The van der Waals surface area contributed by atoms with Crippen LogP contribution in [0.2, 0.25) is 0 Å². The van der Waals surface area contributed by atoms with E-state index in [9.17, 15) is 36.5 Å². The zero-order valence-corrected chi connectivity index (χ0v) is 18.9. The van der Waals surface area contributed by atoms with Gasteiger partial charge < -0.3 is 5.11 Å². The summed E-state index contributed by atoms with van der Waals surface area (Å²) >= 11 is 2.36. The van der Waals surface area contributed by atoms with Crippen molar-refractivity contribution in [2.75, 3.05) is 10.5 Å². The number of nitro benzene ring substituents is 1. The Morgan fingerprint density at radius 1 is 1.24 bits per heavy atom. The van der Waals surface area contributed by atoms with Crippen molar-refractivity contribution >= 4 is 65.7 Å². The largest absolute Gasteiger partial charge is 0.480 e. The molecule has 0 unspecified atom stereocenters. The van der Waals surface area contributed by atoms with Gasteiger partial charge in [-0.3, -0.25) is 19.8 Å². The minimum Gasteiger partial charge on any atom is -0.480 e. The van der Waals surface area contributed by atoms with Crippen LogP contribution in [0.5, 0.6) is 0 Å². The van der Waals surface area contributed by atoms with Gasteiger partial charge in [0.15, 0.2) is 10.9 Å². The standard InChI is InChI=1S/C18H11F3N4O6S3/c19-18(20,21)8-1-4-14(12(5-8)25(28)29)34(30,31)24-9-2-3-10-13(6-9)33-16(22-10)15-23-11(7-32-15)17(26)27/h1-6,11,24H,7H2,(H,26,27)/t11-/m1/s1. The Labute approximate surface area is 196 Å². The van der Waals surface area contributed by atoms with E-state index in [4.69, 9.17) is 5.11 Å². The second-order valence-electron chi connectivity index (χ2n) is 6.84. The molecule has 1 aromatic heterocycles. The zero-order chi connectivity index (χ0) is 24.8. The summed E-state index contributed by atoms with van der Waals surface area (Å²) in [5.74, 6) is -0.796. The second kappa shape index (κ2) is 8.52. The molecule has 16 heteroatoms. The van der Waals surface area contributed by atoms with Gasteiger partial charge in [-0.1, -0.05) is 0 Å². The lowest BCUT2D eigenvalue weighted by Crippen LogP contribution is -2.17. The van der Waals surface area contributed by atoms with Crippen LogP contribution >= 0.6 is 23.1 Å². The van der Waals surface area contributed by atoms with Crippen LogP contribution in [0.1, 0.15) is 10.6 Å². The number of carboxylic acids is 1. The van der Waals surface area contributed by atoms with Crippen LogP contribution in [-0.4, -0.2) is 46.2 Å². The van der Waals surface area contributed by atoms with Crippen LogP contribution in [0.25, 0.3) is 10.2 Å². The number of aliphatic carboxylic acids is 1. The van der Waals surface area contributed by atoms with Crippen molar-refractivity contribution in [3.05, 3.63) is 57.1 Å². The summed E-state index contributed by atoms with van der Waals surface area (Å²) < 4.78 is 66.8. The van der Waals surface area contributed by atoms with Crippen LogP contribution in [-0.2, 0) is 21.0 Å². The van der Waals surface area contributed by atoms with Gasteiger partial charge in [-0.15, -0.1) is 23.1 Å². The van der Waals surface area contributed by atoms with E-state index in [2.05, 4.69) is 14.7 Å². The van der Waals surface area contributed by atoms with Crippen molar-refractivity contribution in [2.24, 2.45) is 4.99 Å². The fourth-order valence-corrected chi connectivity index (χ4v) is 6.28. The Morgan fingerprint density at radius 2 is 1.97 bits per heavy atom. The summed E-state index contributed by atoms with van der Waals surface area (Å²) in [4.78, 5) is 28.7. The molecular formula is C18H11F3N4O6S3. The molecule has 0 saturated carbocycles. The molecule has 1 atom stereocenters. The number of carboxylic acid groups (broad SMARTS) is 1. The van der Waals surface area contributed by atoms with Crippen molar-refractivity contribution in [3.8, 4) is 0 Å². The fraction of sp³-hybridized carbons (Fsp3) is 0.167. The maximum absolute atomic E-state index is 12.9. The summed E-state index contributed by atoms with van der Waals surface area (Å²) in [7, 11) is -4.61. The number of sulfonamides is 1. The number of thioether (sulfide) groups is 1. The minimum atomic E-state index is -4.89. The monoisotopic (exact) mass is 532 g/mol. The third-order valence-electron chi connectivity index (χ3n) is 4.53. The molecule has 1 aliphatic heterocycles. The first kappa shape index (κ1) is 23.9. The van der Waals surface area contributed by atoms with Crippen molar-refractivity contribution in [3.63, 3.8) is 0 Å². The first-order valence-corrected chi connectivity index (χ1v) is 12.4. The van der Waals surface area contributed by atoms with Gasteiger partial charge in [-0.05, 0) is 30.3 Å². The van der Waals surface area contributed by atoms with Crippen LogP contribution in [0, 0.1) is 10.1 Å². The Hall–Kier alpha value is -3.24. The highest BCUT2D eigenvalue weighted by atomic mass is 32.2. The lowest BCUT2D eigenvalue weighted by atomic mass is 10.2. The summed E-state index contributed by atoms with van der Waals surface area (Å²) in [6.45, 7) is 0. The smallest absolute Gasteiger partial charge is 0.416 e. The summed E-state index contributed by atoms with van der Waals surface area (Å²) in [6.07, 6.45) is -4.89. The third kappa shape index (κ3) is 4.69. The molecule has 34 heavy (non-hydrogen) atoms. The minimum absolute atomic E-state index is 0.00122. The number of hydrogen-bond acceptors (Lipinski definition) is 9. The number of nitrogens with one attached hydrogen (secondary N) is 1. The van der Waals surface area contributed by atoms with Crippen LogP contribution in [0.4, 0.5) is 24.5 Å². The molecule has 2 N–H and O–H groups in total. The number of alkyl halides is 3. The van der Waals surface area contributed by atoms with E-state index in [0.29, 0.717) is 32.4 Å². The number of halogens is 3. The van der Waals surface area contributed by atoms with Gasteiger partial charge in [0.1, 0.15) is 10.1 Å². The van der Waals surface area contributed by atoms with E-state index in [1.54, 1.807) is 0 Å². The second-order valence-corrected chi connectivity index (χ2v) is 10.5. The molecule has 0 radical (unpaired) electrons. The number of thiazole rings is 1. The van der Waals surface area contributed by atoms with Crippen molar-refractivity contribution < 1.29 is 36.4 Å². The molecule has 3 aromatic rings. The first-order valence-electron chi connectivity index (χ1n) is 9.08. The van der Waals surface area contributed by atoms with E-state index in [1.807, 2.05) is 0 Å². The first-order chi connectivity index (χ1) is 15.8.